The summed E-state index contributed by atoms with van der Waals surface area (Å²) in [5, 5.41) is 19.4. The molecular formula is C9H10F2N2O3. The Hall–Kier alpha value is -1.76. The number of aliphatic hydroxyl groups is 1. The predicted octanol–water partition coefficient (Wildman–Crippen LogP) is 0.145. The van der Waals surface area contributed by atoms with Crippen molar-refractivity contribution in [2.75, 3.05) is 13.2 Å². The number of hydrogen-bond donors (Lipinski definition) is 3. The molecule has 16 heavy (non-hydrogen) atoms. The molecule has 5 nitrogen and oxygen atoms in total. The van der Waals surface area contributed by atoms with E-state index >= 15 is 0 Å². The van der Waals surface area contributed by atoms with E-state index in [2.05, 4.69) is 4.98 Å². The van der Waals surface area contributed by atoms with Crippen molar-refractivity contribution in [2.45, 2.75) is 5.92 Å². The minimum absolute atomic E-state index is 0.149. The minimum Gasteiger partial charge on any atom is -0.505 e. The van der Waals surface area contributed by atoms with Gasteiger partial charge in [0.1, 0.15) is 12.4 Å². The minimum atomic E-state index is -3.38. The van der Waals surface area contributed by atoms with Gasteiger partial charge in [0, 0.05) is 6.20 Å². The van der Waals surface area contributed by atoms with E-state index in [1.807, 2.05) is 5.32 Å². The number of halogens is 2. The predicted molar refractivity (Wildman–Crippen MR) is 50.3 cm³/mol. The molecule has 0 saturated heterocycles. The molecule has 1 aromatic rings. The number of aliphatic hydroxyl groups excluding tert-OH is 1. The van der Waals surface area contributed by atoms with Crippen molar-refractivity contribution in [3.8, 4) is 5.75 Å². The largest absolute Gasteiger partial charge is 0.505 e. The first-order valence-corrected chi connectivity index (χ1v) is 4.36. The number of hydrogen-bond acceptors (Lipinski definition) is 4. The Morgan fingerprint density at radius 1 is 1.56 bits per heavy atom. The zero-order valence-corrected chi connectivity index (χ0v) is 8.15. The molecule has 0 aliphatic heterocycles. The fraction of sp³-hybridized carbons (Fsp3) is 0.333. The summed E-state index contributed by atoms with van der Waals surface area (Å²) < 4.78 is 25.2. The average Bonchev–Trinajstić information content (AvgIpc) is 2.27. The SMILES string of the molecule is O=C(NCC(F)(F)CO)c1ccncc1O. The molecule has 0 fully saturated rings. The number of alkyl halides is 2. The van der Waals surface area contributed by atoms with Gasteiger partial charge in [0.2, 0.25) is 0 Å². The first-order chi connectivity index (χ1) is 7.46. The van der Waals surface area contributed by atoms with Crippen LogP contribution in [-0.4, -0.2) is 40.2 Å². The highest BCUT2D eigenvalue weighted by molar-refractivity contribution is 5.96. The van der Waals surface area contributed by atoms with Gasteiger partial charge in [-0.1, -0.05) is 0 Å². The lowest BCUT2D eigenvalue weighted by Gasteiger charge is -2.14. The van der Waals surface area contributed by atoms with Crippen LogP contribution in [0.2, 0.25) is 0 Å². The molecule has 0 unspecified atom stereocenters. The van der Waals surface area contributed by atoms with E-state index in [0.29, 0.717) is 0 Å². The molecule has 0 radical (unpaired) electrons. The lowest BCUT2D eigenvalue weighted by Crippen LogP contribution is -2.39. The van der Waals surface area contributed by atoms with Crippen molar-refractivity contribution in [1.82, 2.24) is 10.3 Å². The maximum atomic E-state index is 12.6. The van der Waals surface area contributed by atoms with Gasteiger partial charge in [-0.3, -0.25) is 9.78 Å². The number of rotatable bonds is 4. The van der Waals surface area contributed by atoms with Crippen LogP contribution in [0.3, 0.4) is 0 Å². The summed E-state index contributed by atoms with van der Waals surface area (Å²) in [5.41, 5.74) is -0.149. The van der Waals surface area contributed by atoms with Crippen LogP contribution in [0.25, 0.3) is 0 Å². The van der Waals surface area contributed by atoms with E-state index < -0.39 is 30.7 Å². The number of nitrogens with zero attached hydrogens (tertiary/aromatic N) is 1. The Kier molecular flexibility index (Phi) is 3.73. The molecule has 1 amide bonds. The van der Waals surface area contributed by atoms with Gasteiger partial charge in [0.15, 0.2) is 0 Å². The second-order valence-electron chi connectivity index (χ2n) is 3.09. The molecule has 0 saturated carbocycles. The topological polar surface area (TPSA) is 82.5 Å². The molecular weight excluding hydrogens is 222 g/mol. The van der Waals surface area contributed by atoms with E-state index in [9.17, 15) is 18.7 Å². The third-order valence-corrected chi connectivity index (χ3v) is 1.78. The Balaban J connectivity index is 2.64. The summed E-state index contributed by atoms with van der Waals surface area (Å²) in [7, 11) is 0. The van der Waals surface area contributed by atoms with E-state index in [4.69, 9.17) is 5.11 Å². The second kappa shape index (κ2) is 4.84. The van der Waals surface area contributed by atoms with Gasteiger partial charge in [-0.25, -0.2) is 8.78 Å². The van der Waals surface area contributed by atoms with Crippen molar-refractivity contribution in [3.05, 3.63) is 24.0 Å². The van der Waals surface area contributed by atoms with E-state index in [1.54, 1.807) is 0 Å². The maximum absolute atomic E-state index is 12.6. The van der Waals surface area contributed by atoms with Gasteiger partial charge in [0.25, 0.3) is 11.8 Å². The molecule has 3 N–H and O–H groups in total. The monoisotopic (exact) mass is 232 g/mol. The molecule has 0 bridgehead atoms. The Bertz CT molecular complexity index is 385. The smallest absolute Gasteiger partial charge is 0.287 e. The van der Waals surface area contributed by atoms with Crippen LogP contribution in [0.4, 0.5) is 8.78 Å². The number of nitrogens with one attached hydrogen (secondary N) is 1. The zero-order chi connectivity index (χ0) is 12.2. The highest BCUT2D eigenvalue weighted by Gasteiger charge is 2.28. The normalized spacial score (nSPS) is 11.2. The van der Waals surface area contributed by atoms with Crippen LogP contribution in [-0.2, 0) is 0 Å². The van der Waals surface area contributed by atoms with Gasteiger partial charge in [-0.2, -0.15) is 0 Å². The fourth-order valence-electron chi connectivity index (χ4n) is 0.939. The summed E-state index contributed by atoms with van der Waals surface area (Å²) in [6.45, 7) is -2.35. The van der Waals surface area contributed by atoms with Gasteiger partial charge in [-0.05, 0) is 6.07 Å². The van der Waals surface area contributed by atoms with Crippen LogP contribution in [0, 0.1) is 0 Å². The first kappa shape index (κ1) is 12.3. The summed E-state index contributed by atoms with van der Waals surface area (Å²) in [6, 6.07) is 1.20. The first-order valence-electron chi connectivity index (χ1n) is 4.36. The molecule has 0 atom stereocenters. The lowest BCUT2D eigenvalue weighted by molar-refractivity contribution is -0.0462. The van der Waals surface area contributed by atoms with Gasteiger partial charge in [0.05, 0.1) is 18.3 Å². The zero-order valence-electron chi connectivity index (χ0n) is 8.15. The van der Waals surface area contributed by atoms with Crippen molar-refractivity contribution in [2.24, 2.45) is 0 Å². The summed E-state index contributed by atoms with van der Waals surface area (Å²) in [6.07, 6.45) is 2.28. The van der Waals surface area contributed by atoms with Crippen LogP contribution >= 0.6 is 0 Å². The van der Waals surface area contributed by atoms with Gasteiger partial charge < -0.3 is 15.5 Å². The number of carbonyl (C=O) groups is 1. The fourth-order valence-corrected chi connectivity index (χ4v) is 0.939. The number of aromatic hydroxyl groups is 1. The van der Waals surface area contributed by atoms with Crippen LogP contribution in [0.5, 0.6) is 5.75 Å². The number of pyridine rings is 1. The molecule has 1 aromatic heterocycles. The van der Waals surface area contributed by atoms with Crippen molar-refractivity contribution in [1.29, 1.82) is 0 Å². The van der Waals surface area contributed by atoms with Gasteiger partial charge >= 0.3 is 0 Å². The average molecular weight is 232 g/mol. The van der Waals surface area contributed by atoms with E-state index in [0.717, 1.165) is 6.20 Å². The molecule has 7 heteroatoms. The van der Waals surface area contributed by atoms with Crippen LogP contribution in [0.15, 0.2) is 18.5 Å². The van der Waals surface area contributed by atoms with Crippen molar-refractivity contribution in [3.63, 3.8) is 0 Å². The van der Waals surface area contributed by atoms with Crippen molar-refractivity contribution < 1.29 is 23.8 Å². The Morgan fingerprint density at radius 3 is 2.81 bits per heavy atom. The Morgan fingerprint density at radius 2 is 2.25 bits per heavy atom. The molecule has 0 aromatic carbocycles. The molecule has 1 heterocycles. The molecule has 1 rings (SSSR count). The van der Waals surface area contributed by atoms with Crippen LogP contribution < -0.4 is 5.32 Å². The second-order valence-corrected chi connectivity index (χ2v) is 3.09. The molecule has 0 aliphatic rings. The quantitative estimate of drug-likeness (QED) is 0.689. The number of carbonyl (C=O) groups excluding carboxylic acids is 1. The highest BCUT2D eigenvalue weighted by atomic mass is 19.3. The highest BCUT2D eigenvalue weighted by Crippen LogP contribution is 2.15. The van der Waals surface area contributed by atoms with E-state index in [-0.39, 0.29) is 5.56 Å². The molecule has 0 aliphatic carbocycles. The summed E-state index contributed by atoms with van der Waals surface area (Å²) in [4.78, 5) is 14.8. The molecule has 0 spiro atoms. The maximum Gasteiger partial charge on any atom is 0.287 e. The third-order valence-electron chi connectivity index (χ3n) is 1.78. The standard InChI is InChI=1S/C9H10F2N2O3/c10-9(11,5-14)4-13-8(16)6-1-2-12-3-7(6)15/h1-3,14-15H,4-5H2,(H,13,16). The number of aromatic nitrogens is 1. The molecule has 88 valence electrons. The lowest BCUT2D eigenvalue weighted by atomic mass is 10.2. The Labute approximate surface area is 89.7 Å². The number of amides is 1. The summed E-state index contributed by atoms with van der Waals surface area (Å²) >= 11 is 0. The van der Waals surface area contributed by atoms with Crippen molar-refractivity contribution >= 4 is 5.91 Å². The summed E-state index contributed by atoms with van der Waals surface area (Å²) in [5.74, 6) is -4.63. The van der Waals surface area contributed by atoms with E-state index in [1.165, 1.54) is 12.3 Å². The third kappa shape index (κ3) is 3.13. The van der Waals surface area contributed by atoms with Gasteiger partial charge in [-0.15, -0.1) is 0 Å². The van der Waals surface area contributed by atoms with Crippen LogP contribution in [0.1, 0.15) is 10.4 Å².